The van der Waals surface area contributed by atoms with Gasteiger partial charge >= 0.3 is 0 Å². The van der Waals surface area contributed by atoms with E-state index in [4.69, 9.17) is 0 Å². The molecule has 0 radical (unpaired) electrons. The van der Waals surface area contributed by atoms with E-state index in [1.54, 1.807) is 24.3 Å². The second-order valence-corrected chi connectivity index (χ2v) is 6.97. The molecule has 4 rings (SSSR count). The number of aryl methyl sites for hydroxylation is 1. The van der Waals surface area contributed by atoms with E-state index in [0.29, 0.717) is 17.5 Å². The molecule has 3 aromatic rings. The highest BCUT2D eigenvalue weighted by atomic mass is 16.2. The molecule has 1 atom stereocenters. The van der Waals surface area contributed by atoms with E-state index in [2.05, 4.69) is 0 Å². The van der Waals surface area contributed by atoms with E-state index >= 15 is 0 Å². The summed E-state index contributed by atoms with van der Waals surface area (Å²) in [6.07, 6.45) is 0.569. The summed E-state index contributed by atoms with van der Waals surface area (Å²) >= 11 is 0. The van der Waals surface area contributed by atoms with Crippen molar-refractivity contribution in [1.82, 2.24) is 0 Å². The zero-order chi connectivity index (χ0) is 18.1. The fourth-order valence-corrected chi connectivity index (χ4v) is 3.92. The highest BCUT2D eigenvalue weighted by Crippen LogP contribution is 2.63. The maximum Gasteiger partial charge on any atom is 0.177 e. The minimum atomic E-state index is -0.991. The number of hydrogen-bond donors (Lipinski definition) is 0. The number of ketones is 2. The molecule has 0 aromatic heterocycles. The standard InChI is InChI=1S/C24H20O2/c1-17-10-8-9-15-20(17)21-16-24(21,22(25)18-11-4-2-5-12-18)23(26)19-13-6-3-7-14-19/h2-15,21H,16H2,1H3. The Bertz CT molecular complexity index is 906. The monoisotopic (exact) mass is 340 g/mol. The molecular formula is C24H20O2. The Hall–Kier alpha value is -3.00. The highest BCUT2D eigenvalue weighted by Gasteiger charge is 2.65. The van der Waals surface area contributed by atoms with Gasteiger partial charge in [-0.3, -0.25) is 9.59 Å². The van der Waals surface area contributed by atoms with Crippen LogP contribution in [0.4, 0.5) is 0 Å². The molecule has 0 aliphatic heterocycles. The Kier molecular flexibility index (Phi) is 4.04. The maximum absolute atomic E-state index is 13.4. The van der Waals surface area contributed by atoms with Crippen molar-refractivity contribution in [2.45, 2.75) is 19.3 Å². The molecular weight excluding hydrogens is 320 g/mol. The Morgan fingerprint density at radius 1 is 0.731 bits per heavy atom. The van der Waals surface area contributed by atoms with E-state index in [-0.39, 0.29) is 17.5 Å². The Morgan fingerprint density at radius 2 is 1.19 bits per heavy atom. The number of carbonyl (C=O) groups is 2. The molecule has 3 aromatic carbocycles. The van der Waals surface area contributed by atoms with Crippen LogP contribution >= 0.6 is 0 Å². The van der Waals surface area contributed by atoms with Crippen molar-refractivity contribution in [3.8, 4) is 0 Å². The van der Waals surface area contributed by atoms with Gasteiger partial charge in [0.2, 0.25) is 0 Å². The van der Waals surface area contributed by atoms with Crippen LogP contribution < -0.4 is 0 Å². The molecule has 128 valence electrons. The lowest BCUT2D eigenvalue weighted by Gasteiger charge is -2.17. The fraction of sp³-hybridized carbons (Fsp3) is 0.167. The lowest BCUT2D eigenvalue weighted by molar-refractivity contribution is 0.0776. The van der Waals surface area contributed by atoms with E-state index in [9.17, 15) is 9.59 Å². The van der Waals surface area contributed by atoms with Crippen LogP contribution in [-0.4, -0.2) is 11.6 Å². The summed E-state index contributed by atoms with van der Waals surface area (Å²) in [7, 11) is 0. The summed E-state index contributed by atoms with van der Waals surface area (Å²) in [6.45, 7) is 2.04. The van der Waals surface area contributed by atoms with E-state index in [0.717, 1.165) is 11.1 Å². The van der Waals surface area contributed by atoms with Gasteiger partial charge in [0.1, 0.15) is 5.41 Å². The van der Waals surface area contributed by atoms with Crippen LogP contribution in [-0.2, 0) is 0 Å². The zero-order valence-electron chi connectivity index (χ0n) is 14.7. The molecule has 0 bridgehead atoms. The van der Waals surface area contributed by atoms with Gasteiger partial charge in [0.15, 0.2) is 11.6 Å². The zero-order valence-corrected chi connectivity index (χ0v) is 14.7. The Labute approximate surface area is 153 Å². The van der Waals surface area contributed by atoms with Crippen LogP contribution in [0.5, 0.6) is 0 Å². The van der Waals surface area contributed by atoms with E-state index < -0.39 is 5.41 Å². The minimum Gasteiger partial charge on any atom is -0.293 e. The van der Waals surface area contributed by atoms with Crippen LogP contribution in [0.25, 0.3) is 0 Å². The van der Waals surface area contributed by atoms with Crippen LogP contribution in [0, 0.1) is 12.3 Å². The first kappa shape index (κ1) is 16.5. The summed E-state index contributed by atoms with van der Waals surface area (Å²) < 4.78 is 0. The van der Waals surface area contributed by atoms with Crippen LogP contribution in [0.3, 0.4) is 0 Å². The second kappa shape index (κ2) is 6.38. The predicted octanol–water partition coefficient (Wildman–Crippen LogP) is 5.23. The van der Waals surface area contributed by atoms with Crippen LogP contribution in [0.1, 0.15) is 44.2 Å². The molecule has 0 N–H and O–H groups in total. The summed E-state index contributed by atoms with van der Waals surface area (Å²) in [5.41, 5.74) is 2.44. The number of rotatable bonds is 5. The summed E-state index contributed by atoms with van der Waals surface area (Å²) in [6, 6.07) is 26.4. The first-order valence-corrected chi connectivity index (χ1v) is 8.90. The molecule has 1 aliphatic carbocycles. The number of hydrogen-bond acceptors (Lipinski definition) is 2. The van der Waals surface area contributed by atoms with Gasteiger partial charge in [-0.05, 0) is 24.5 Å². The highest BCUT2D eigenvalue weighted by molar-refractivity contribution is 6.23. The van der Waals surface area contributed by atoms with Crippen LogP contribution in [0.15, 0.2) is 84.9 Å². The third-order valence-electron chi connectivity index (χ3n) is 5.41. The molecule has 0 spiro atoms. The largest absolute Gasteiger partial charge is 0.293 e. The number of carbonyl (C=O) groups excluding carboxylic acids is 2. The molecule has 0 saturated heterocycles. The van der Waals surface area contributed by atoms with Gasteiger partial charge in [0.25, 0.3) is 0 Å². The first-order chi connectivity index (χ1) is 12.6. The van der Waals surface area contributed by atoms with Crippen molar-refractivity contribution in [1.29, 1.82) is 0 Å². The van der Waals surface area contributed by atoms with Gasteiger partial charge in [-0.2, -0.15) is 0 Å². The van der Waals surface area contributed by atoms with Crippen molar-refractivity contribution >= 4 is 11.6 Å². The smallest absolute Gasteiger partial charge is 0.177 e. The SMILES string of the molecule is Cc1ccccc1C1CC1(C(=O)c1ccccc1)C(=O)c1ccccc1. The first-order valence-electron chi connectivity index (χ1n) is 8.90. The third-order valence-corrected chi connectivity index (χ3v) is 5.41. The maximum atomic E-state index is 13.4. The fourth-order valence-electron chi connectivity index (χ4n) is 3.92. The summed E-state index contributed by atoms with van der Waals surface area (Å²) in [4.78, 5) is 26.8. The van der Waals surface area contributed by atoms with Gasteiger partial charge in [0.05, 0.1) is 0 Å². The van der Waals surface area contributed by atoms with Crippen molar-refractivity contribution in [2.75, 3.05) is 0 Å². The van der Waals surface area contributed by atoms with Crippen molar-refractivity contribution in [2.24, 2.45) is 5.41 Å². The topological polar surface area (TPSA) is 34.1 Å². The molecule has 1 aliphatic rings. The van der Waals surface area contributed by atoms with Gasteiger partial charge < -0.3 is 0 Å². The summed E-state index contributed by atoms with van der Waals surface area (Å²) in [5.74, 6) is -0.204. The predicted molar refractivity (Wildman–Crippen MR) is 103 cm³/mol. The molecule has 0 heterocycles. The van der Waals surface area contributed by atoms with E-state index in [1.165, 1.54) is 0 Å². The lowest BCUT2D eigenvalue weighted by atomic mass is 9.83. The number of Topliss-reactive ketones (excluding diaryl/α,β-unsaturated/α-hetero) is 2. The van der Waals surface area contributed by atoms with Crippen molar-refractivity contribution in [3.05, 3.63) is 107 Å². The molecule has 1 saturated carbocycles. The molecule has 1 fully saturated rings. The quantitative estimate of drug-likeness (QED) is 0.470. The molecule has 0 amide bonds. The van der Waals surface area contributed by atoms with Gasteiger partial charge in [-0.1, -0.05) is 84.9 Å². The minimum absolute atomic E-state index is 0.0656. The van der Waals surface area contributed by atoms with Gasteiger partial charge in [0, 0.05) is 17.0 Å². The molecule has 2 nitrogen and oxygen atoms in total. The van der Waals surface area contributed by atoms with Gasteiger partial charge in [-0.15, -0.1) is 0 Å². The average molecular weight is 340 g/mol. The van der Waals surface area contributed by atoms with Crippen LogP contribution in [0.2, 0.25) is 0 Å². The lowest BCUT2D eigenvalue weighted by Crippen LogP contribution is -2.28. The molecule has 1 unspecified atom stereocenters. The third kappa shape index (κ3) is 2.59. The number of benzene rings is 3. The molecule has 2 heteroatoms. The van der Waals surface area contributed by atoms with Crippen molar-refractivity contribution in [3.63, 3.8) is 0 Å². The summed E-state index contributed by atoms with van der Waals surface area (Å²) in [5, 5.41) is 0. The Morgan fingerprint density at radius 3 is 1.69 bits per heavy atom. The Balaban J connectivity index is 1.80. The van der Waals surface area contributed by atoms with E-state index in [1.807, 2.05) is 67.6 Å². The second-order valence-electron chi connectivity index (χ2n) is 6.97. The van der Waals surface area contributed by atoms with Gasteiger partial charge in [-0.25, -0.2) is 0 Å². The average Bonchev–Trinajstić information content (AvgIpc) is 3.45. The normalized spacial score (nSPS) is 17.5. The molecule has 26 heavy (non-hydrogen) atoms. The van der Waals surface area contributed by atoms with Crippen molar-refractivity contribution < 1.29 is 9.59 Å².